The van der Waals surface area contributed by atoms with Crippen molar-refractivity contribution in [3.05, 3.63) is 35.9 Å². The summed E-state index contributed by atoms with van der Waals surface area (Å²) in [6, 6.07) is 10.8. The number of rotatable bonds is 3. The molecule has 2 atom stereocenters. The summed E-state index contributed by atoms with van der Waals surface area (Å²) < 4.78 is 0. The van der Waals surface area contributed by atoms with Crippen LogP contribution in [0, 0.1) is 0 Å². The molecular weight excluding hydrogens is 312 g/mol. The Labute approximate surface area is 151 Å². The average Bonchev–Trinajstić information content (AvgIpc) is 2.89. The van der Waals surface area contributed by atoms with E-state index in [1.165, 1.54) is 5.56 Å². The van der Waals surface area contributed by atoms with E-state index in [2.05, 4.69) is 30.3 Å². The van der Waals surface area contributed by atoms with Crippen molar-refractivity contribution in [2.24, 2.45) is 0 Å². The number of piperidine rings is 1. The highest BCUT2D eigenvalue weighted by Crippen LogP contribution is 2.28. The summed E-state index contributed by atoms with van der Waals surface area (Å²) in [7, 11) is 0. The van der Waals surface area contributed by atoms with E-state index in [9.17, 15) is 9.59 Å². The molecule has 3 rings (SSSR count). The molecule has 1 aromatic carbocycles. The van der Waals surface area contributed by atoms with Gasteiger partial charge in [0.2, 0.25) is 11.8 Å². The highest BCUT2D eigenvalue weighted by Gasteiger charge is 2.29. The zero-order valence-corrected chi connectivity index (χ0v) is 15.3. The van der Waals surface area contributed by atoms with Crippen molar-refractivity contribution in [2.75, 3.05) is 19.6 Å². The van der Waals surface area contributed by atoms with E-state index >= 15 is 0 Å². The topological polar surface area (TPSA) is 40.6 Å². The van der Waals surface area contributed by atoms with Crippen LogP contribution in [0.2, 0.25) is 0 Å². The predicted molar refractivity (Wildman–Crippen MR) is 99.3 cm³/mol. The quantitative estimate of drug-likeness (QED) is 0.842. The molecule has 0 bridgehead atoms. The summed E-state index contributed by atoms with van der Waals surface area (Å²) in [5.74, 6) is 0.895. The lowest BCUT2D eigenvalue weighted by molar-refractivity contribution is -0.137. The predicted octanol–water partition coefficient (Wildman–Crippen LogP) is 3.57. The van der Waals surface area contributed by atoms with Gasteiger partial charge in [-0.25, -0.2) is 0 Å². The summed E-state index contributed by atoms with van der Waals surface area (Å²) in [5, 5.41) is 0. The molecule has 0 unspecified atom stereocenters. The fourth-order valence-corrected chi connectivity index (χ4v) is 4.36. The molecule has 0 aliphatic carbocycles. The second-order valence-electron chi connectivity index (χ2n) is 7.49. The van der Waals surface area contributed by atoms with Gasteiger partial charge in [-0.1, -0.05) is 30.3 Å². The number of likely N-dealkylation sites (tertiary alicyclic amines) is 2. The normalized spacial score (nSPS) is 24.7. The van der Waals surface area contributed by atoms with Crippen molar-refractivity contribution in [3.8, 4) is 0 Å². The van der Waals surface area contributed by atoms with E-state index in [1.54, 1.807) is 6.92 Å². The molecule has 136 valence electrons. The number of hydrogen-bond donors (Lipinski definition) is 0. The number of benzene rings is 1. The molecule has 2 fully saturated rings. The number of carbonyl (C=O) groups excluding carboxylic acids is 2. The summed E-state index contributed by atoms with van der Waals surface area (Å²) >= 11 is 0. The van der Waals surface area contributed by atoms with Gasteiger partial charge in [-0.15, -0.1) is 0 Å². The maximum absolute atomic E-state index is 12.8. The first-order valence-electron chi connectivity index (χ1n) is 9.75. The lowest BCUT2D eigenvalue weighted by atomic mass is 9.92. The van der Waals surface area contributed by atoms with Crippen molar-refractivity contribution >= 4 is 11.8 Å². The molecule has 2 aliphatic heterocycles. The van der Waals surface area contributed by atoms with E-state index in [-0.39, 0.29) is 17.9 Å². The summed E-state index contributed by atoms with van der Waals surface area (Å²) in [6.07, 6.45) is 6.89. The van der Waals surface area contributed by atoms with Crippen LogP contribution >= 0.6 is 0 Å². The van der Waals surface area contributed by atoms with E-state index < -0.39 is 0 Å². The van der Waals surface area contributed by atoms with Gasteiger partial charge in [0.05, 0.1) is 0 Å². The van der Waals surface area contributed by atoms with Gasteiger partial charge in [0.15, 0.2) is 0 Å². The molecule has 2 aliphatic rings. The minimum atomic E-state index is 0.104. The van der Waals surface area contributed by atoms with Gasteiger partial charge in [-0.2, -0.15) is 0 Å². The van der Waals surface area contributed by atoms with Crippen LogP contribution in [0.4, 0.5) is 0 Å². The van der Waals surface area contributed by atoms with E-state index in [1.807, 2.05) is 9.80 Å². The maximum atomic E-state index is 12.8. The molecule has 2 heterocycles. The van der Waals surface area contributed by atoms with Gasteiger partial charge in [-0.3, -0.25) is 9.59 Å². The lowest BCUT2D eigenvalue weighted by Crippen LogP contribution is -2.46. The van der Waals surface area contributed by atoms with Crippen LogP contribution in [0.1, 0.15) is 63.4 Å². The van der Waals surface area contributed by atoms with Crippen molar-refractivity contribution in [1.82, 2.24) is 9.80 Å². The van der Waals surface area contributed by atoms with E-state index in [0.29, 0.717) is 12.3 Å². The Bertz CT molecular complexity index is 587. The van der Waals surface area contributed by atoms with Crippen molar-refractivity contribution in [1.29, 1.82) is 0 Å². The van der Waals surface area contributed by atoms with Gasteiger partial charge in [0.1, 0.15) is 0 Å². The highest BCUT2D eigenvalue weighted by molar-refractivity contribution is 5.79. The second-order valence-corrected chi connectivity index (χ2v) is 7.49. The van der Waals surface area contributed by atoms with Crippen molar-refractivity contribution in [3.63, 3.8) is 0 Å². The maximum Gasteiger partial charge on any atom is 0.224 e. The smallest absolute Gasteiger partial charge is 0.224 e. The van der Waals surface area contributed by atoms with Crippen LogP contribution in [0.25, 0.3) is 0 Å². The first-order valence-corrected chi connectivity index (χ1v) is 9.75. The van der Waals surface area contributed by atoms with Gasteiger partial charge in [-0.05, 0) is 50.0 Å². The molecule has 0 aromatic heterocycles. The average molecular weight is 342 g/mol. The van der Waals surface area contributed by atoms with Gasteiger partial charge < -0.3 is 9.80 Å². The van der Waals surface area contributed by atoms with E-state index in [4.69, 9.17) is 0 Å². The summed E-state index contributed by atoms with van der Waals surface area (Å²) in [5.41, 5.74) is 1.40. The zero-order chi connectivity index (χ0) is 17.6. The molecule has 2 saturated heterocycles. The van der Waals surface area contributed by atoms with Crippen LogP contribution in [0.3, 0.4) is 0 Å². The molecule has 0 radical (unpaired) electrons. The summed E-state index contributed by atoms with van der Waals surface area (Å²) in [6.45, 7) is 4.13. The third-order valence-electron chi connectivity index (χ3n) is 5.79. The van der Waals surface area contributed by atoms with E-state index in [0.717, 1.165) is 58.2 Å². The van der Waals surface area contributed by atoms with Gasteiger partial charge in [0.25, 0.3) is 0 Å². The standard InChI is InChI=1S/C21H30N2O2/c1-17(24)23-14-6-5-11-20(23)16-21(25)22-13-7-10-19(12-15-22)18-8-3-2-4-9-18/h2-4,8-9,19-20H,5-7,10-16H2,1H3/t19-,20-/m0/s1. The number of amides is 2. The molecule has 2 amide bonds. The Morgan fingerprint density at radius 2 is 1.76 bits per heavy atom. The van der Waals surface area contributed by atoms with Crippen LogP contribution < -0.4 is 0 Å². The molecule has 0 saturated carbocycles. The van der Waals surface area contributed by atoms with Crippen LogP contribution in [0.15, 0.2) is 30.3 Å². The first-order chi connectivity index (χ1) is 12.1. The Balaban J connectivity index is 1.56. The van der Waals surface area contributed by atoms with Crippen LogP contribution in [-0.4, -0.2) is 47.3 Å². The van der Waals surface area contributed by atoms with Gasteiger partial charge in [0, 0.05) is 39.0 Å². The SMILES string of the molecule is CC(=O)N1CCCC[C@H]1CC(=O)N1CCC[C@H](c2ccccc2)CC1. The molecule has 0 spiro atoms. The van der Waals surface area contributed by atoms with Crippen LogP contribution in [-0.2, 0) is 9.59 Å². The lowest BCUT2D eigenvalue weighted by Gasteiger charge is -2.36. The van der Waals surface area contributed by atoms with Crippen molar-refractivity contribution in [2.45, 2.75) is 63.8 Å². The first kappa shape index (κ1) is 18.0. The highest BCUT2D eigenvalue weighted by atomic mass is 16.2. The monoisotopic (exact) mass is 342 g/mol. The minimum absolute atomic E-state index is 0.104. The molecule has 0 N–H and O–H groups in total. The van der Waals surface area contributed by atoms with Crippen molar-refractivity contribution < 1.29 is 9.59 Å². The Morgan fingerprint density at radius 3 is 2.52 bits per heavy atom. The van der Waals surface area contributed by atoms with Gasteiger partial charge >= 0.3 is 0 Å². The molecule has 1 aromatic rings. The second kappa shape index (κ2) is 8.50. The molecule has 25 heavy (non-hydrogen) atoms. The number of nitrogens with zero attached hydrogens (tertiary/aromatic N) is 2. The third kappa shape index (κ3) is 4.62. The largest absolute Gasteiger partial charge is 0.343 e. The fraction of sp³-hybridized carbons (Fsp3) is 0.619. The molecule has 4 heteroatoms. The zero-order valence-electron chi connectivity index (χ0n) is 15.3. The fourth-order valence-electron chi connectivity index (χ4n) is 4.36. The molecular formula is C21H30N2O2. The Morgan fingerprint density at radius 1 is 0.960 bits per heavy atom. The summed E-state index contributed by atoms with van der Waals surface area (Å²) in [4.78, 5) is 28.6. The minimum Gasteiger partial charge on any atom is -0.343 e. The third-order valence-corrected chi connectivity index (χ3v) is 5.79. The Kier molecular flexibility index (Phi) is 6.11. The number of hydrogen-bond acceptors (Lipinski definition) is 2. The van der Waals surface area contributed by atoms with Crippen LogP contribution in [0.5, 0.6) is 0 Å². The Hall–Kier alpha value is -1.84. The molecule has 4 nitrogen and oxygen atoms in total. The number of carbonyl (C=O) groups is 2.